The molecule has 0 atom stereocenters. The molecule has 0 fully saturated rings. The zero-order valence-corrected chi connectivity index (χ0v) is 9.72. The number of amides is 1. The van der Waals surface area contributed by atoms with Gasteiger partial charge in [0.1, 0.15) is 4.88 Å². The van der Waals surface area contributed by atoms with Crippen LogP contribution >= 0.6 is 11.3 Å². The summed E-state index contributed by atoms with van der Waals surface area (Å²) >= 11 is 1.39. The number of carbonyl (C=O) groups excluding carboxylic acids is 1. The predicted molar refractivity (Wildman–Crippen MR) is 65.1 cm³/mol. The Morgan fingerprint density at radius 2 is 2.47 bits per heavy atom. The van der Waals surface area contributed by atoms with E-state index in [9.17, 15) is 4.79 Å². The highest BCUT2D eigenvalue weighted by atomic mass is 32.1. The minimum atomic E-state index is 0.00394. The maximum atomic E-state index is 12.0. The number of hydrogen-bond donors (Lipinski definition) is 1. The monoisotopic (exact) mass is 224 g/mol. The molecule has 2 N–H and O–H groups in total. The second kappa shape index (κ2) is 5.56. The highest BCUT2D eigenvalue weighted by molar-refractivity contribution is 7.12. The van der Waals surface area contributed by atoms with Gasteiger partial charge in [0.25, 0.3) is 5.91 Å². The highest BCUT2D eigenvalue weighted by Gasteiger charge is 2.17. The van der Waals surface area contributed by atoms with Crippen LogP contribution in [0.15, 0.2) is 24.1 Å². The molecule has 82 valence electrons. The number of anilines is 1. The van der Waals surface area contributed by atoms with Crippen molar-refractivity contribution in [2.24, 2.45) is 0 Å². The molecule has 3 nitrogen and oxygen atoms in total. The fraction of sp³-hybridized carbons (Fsp3) is 0.364. The highest BCUT2D eigenvalue weighted by Crippen LogP contribution is 2.20. The summed E-state index contributed by atoms with van der Waals surface area (Å²) in [4.78, 5) is 14.4. The van der Waals surface area contributed by atoms with E-state index in [4.69, 9.17) is 5.73 Å². The van der Waals surface area contributed by atoms with Gasteiger partial charge < -0.3 is 10.6 Å². The van der Waals surface area contributed by atoms with E-state index < -0.39 is 0 Å². The molecule has 0 aliphatic heterocycles. The molecule has 0 radical (unpaired) electrons. The third-order valence-corrected chi connectivity index (χ3v) is 2.94. The quantitative estimate of drug-likeness (QED) is 0.780. The van der Waals surface area contributed by atoms with E-state index in [1.165, 1.54) is 11.3 Å². The first-order valence-corrected chi connectivity index (χ1v) is 5.81. The first kappa shape index (κ1) is 11.8. The van der Waals surface area contributed by atoms with Crippen molar-refractivity contribution in [1.29, 1.82) is 0 Å². The maximum Gasteiger partial charge on any atom is 0.266 e. The molecule has 0 unspecified atom stereocenters. The van der Waals surface area contributed by atoms with Crippen molar-refractivity contribution in [3.05, 3.63) is 29.0 Å². The molecule has 1 heterocycles. The van der Waals surface area contributed by atoms with E-state index in [1.54, 1.807) is 17.0 Å². The molecule has 0 bridgehead atoms. The van der Waals surface area contributed by atoms with Crippen LogP contribution in [0.25, 0.3) is 0 Å². The standard InChI is InChI=1S/C11H16N2OS/c1-3-6-13(7-4-2)11(14)10-9(12)5-8-15-10/h3,5,8H,1,4,6-7,12H2,2H3. The minimum absolute atomic E-state index is 0.00394. The van der Waals surface area contributed by atoms with Crippen molar-refractivity contribution in [3.63, 3.8) is 0 Å². The molecule has 0 spiro atoms. The predicted octanol–water partition coefficient (Wildman–Crippen LogP) is 2.37. The summed E-state index contributed by atoms with van der Waals surface area (Å²) in [5, 5.41) is 1.83. The van der Waals surface area contributed by atoms with Gasteiger partial charge in [-0.15, -0.1) is 17.9 Å². The topological polar surface area (TPSA) is 46.3 Å². The number of hydrogen-bond acceptors (Lipinski definition) is 3. The molecular formula is C11H16N2OS. The molecule has 0 aliphatic carbocycles. The van der Waals surface area contributed by atoms with Crippen molar-refractivity contribution in [2.45, 2.75) is 13.3 Å². The second-order valence-corrected chi connectivity index (χ2v) is 4.16. The van der Waals surface area contributed by atoms with E-state index in [0.29, 0.717) is 17.1 Å². The normalized spacial score (nSPS) is 9.93. The van der Waals surface area contributed by atoms with Crippen LogP contribution in [0, 0.1) is 0 Å². The Morgan fingerprint density at radius 1 is 1.73 bits per heavy atom. The lowest BCUT2D eigenvalue weighted by molar-refractivity contribution is 0.0780. The summed E-state index contributed by atoms with van der Waals surface area (Å²) in [6.07, 6.45) is 2.67. The smallest absolute Gasteiger partial charge is 0.266 e. The zero-order chi connectivity index (χ0) is 11.3. The minimum Gasteiger partial charge on any atom is -0.397 e. The molecule has 15 heavy (non-hydrogen) atoms. The van der Waals surface area contributed by atoms with Gasteiger partial charge in [-0.25, -0.2) is 0 Å². The third-order valence-electron chi connectivity index (χ3n) is 2.02. The van der Waals surface area contributed by atoms with Crippen LogP contribution in [0.5, 0.6) is 0 Å². The first-order valence-electron chi connectivity index (χ1n) is 4.93. The van der Waals surface area contributed by atoms with Gasteiger partial charge in [0.15, 0.2) is 0 Å². The van der Waals surface area contributed by atoms with Crippen LogP contribution in [-0.2, 0) is 0 Å². The summed E-state index contributed by atoms with van der Waals surface area (Å²) in [5.74, 6) is 0.00394. The molecule has 0 saturated carbocycles. The van der Waals surface area contributed by atoms with Crippen molar-refractivity contribution < 1.29 is 4.79 Å². The summed E-state index contributed by atoms with van der Waals surface area (Å²) in [6, 6.07) is 1.76. The van der Waals surface area contributed by atoms with Crippen molar-refractivity contribution in [3.8, 4) is 0 Å². The summed E-state index contributed by atoms with van der Waals surface area (Å²) in [6.45, 7) is 7.00. The third kappa shape index (κ3) is 2.83. The van der Waals surface area contributed by atoms with Gasteiger partial charge in [0.2, 0.25) is 0 Å². The number of rotatable bonds is 5. The van der Waals surface area contributed by atoms with Gasteiger partial charge in [-0.3, -0.25) is 4.79 Å². The summed E-state index contributed by atoms with van der Waals surface area (Å²) < 4.78 is 0. The van der Waals surface area contributed by atoms with Gasteiger partial charge in [-0.1, -0.05) is 13.0 Å². The molecule has 1 rings (SSSR count). The lowest BCUT2D eigenvalue weighted by atomic mass is 10.3. The van der Waals surface area contributed by atoms with Crippen LogP contribution in [-0.4, -0.2) is 23.9 Å². The van der Waals surface area contributed by atoms with Gasteiger partial charge in [-0.05, 0) is 17.9 Å². The van der Waals surface area contributed by atoms with Gasteiger partial charge in [0, 0.05) is 13.1 Å². The average Bonchev–Trinajstić information content (AvgIpc) is 2.63. The Balaban J connectivity index is 2.80. The molecule has 0 aliphatic rings. The number of nitrogen functional groups attached to an aromatic ring is 1. The molecular weight excluding hydrogens is 208 g/mol. The van der Waals surface area contributed by atoms with E-state index in [0.717, 1.165) is 13.0 Å². The molecule has 0 saturated heterocycles. The van der Waals surface area contributed by atoms with Crippen molar-refractivity contribution >= 4 is 22.9 Å². The number of thiophene rings is 1. The van der Waals surface area contributed by atoms with E-state index in [-0.39, 0.29) is 5.91 Å². The van der Waals surface area contributed by atoms with Crippen molar-refractivity contribution in [2.75, 3.05) is 18.8 Å². The van der Waals surface area contributed by atoms with E-state index in [2.05, 4.69) is 6.58 Å². The van der Waals surface area contributed by atoms with Crippen LogP contribution < -0.4 is 5.73 Å². The number of carbonyl (C=O) groups is 1. The van der Waals surface area contributed by atoms with Gasteiger partial charge in [-0.2, -0.15) is 0 Å². The average molecular weight is 224 g/mol. The van der Waals surface area contributed by atoms with Crippen LogP contribution in [0.1, 0.15) is 23.0 Å². The summed E-state index contributed by atoms with van der Waals surface area (Å²) in [5.41, 5.74) is 6.27. The van der Waals surface area contributed by atoms with Gasteiger partial charge >= 0.3 is 0 Å². The maximum absolute atomic E-state index is 12.0. The SMILES string of the molecule is C=CCN(CCC)C(=O)c1sccc1N. The number of nitrogens with two attached hydrogens (primary N) is 1. The second-order valence-electron chi connectivity index (χ2n) is 3.24. The Labute approximate surface area is 94.2 Å². The molecule has 1 aromatic rings. The van der Waals surface area contributed by atoms with E-state index >= 15 is 0 Å². The molecule has 4 heteroatoms. The zero-order valence-electron chi connectivity index (χ0n) is 8.90. The number of nitrogens with zero attached hydrogens (tertiary/aromatic N) is 1. The van der Waals surface area contributed by atoms with Crippen LogP contribution in [0.3, 0.4) is 0 Å². The largest absolute Gasteiger partial charge is 0.397 e. The molecule has 1 amide bonds. The van der Waals surface area contributed by atoms with Crippen molar-refractivity contribution in [1.82, 2.24) is 4.90 Å². The lowest BCUT2D eigenvalue weighted by Crippen LogP contribution is -2.31. The fourth-order valence-electron chi connectivity index (χ4n) is 1.34. The Hall–Kier alpha value is -1.29. The Bertz CT molecular complexity index is 346. The van der Waals surface area contributed by atoms with E-state index in [1.807, 2.05) is 12.3 Å². The summed E-state index contributed by atoms with van der Waals surface area (Å²) in [7, 11) is 0. The van der Waals surface area contributed by atoms with Gasteiger partial charge in [0.05, 0.1) is 5.69 Å². The Kier molecular flexibility index (Phi) is 4.37. The fourth-order valence-corrected chi connectivity index (χ4v) is 2.12. The first-order chi connectivity index (χ1) is 7.20. The lowest BCUT2D eigenvalue weighted by Gasteiger charge is -2.19. The Morgan fingerprint density at radius 3 is 2.93 bits per heavy atom. The van der Waals surface area contributed by atoms with Crippen LogP contribution in [0.4, 0.5) is 5.69 Å². The van der Waals surface area contributed by atoms with Crippen LogP contribution in [0.2, 0.25) is 0 Å². The molecule has 1 aromatic heterocycles. The molecule has 0 aromatic carbocycles.